The second-order valence-electron chi connectivity index (χ2n) is 1.50. The summed E-state index contributed by atoms with van der Waals surface area (Å²) < 4.78 is 30.0. The quantitative estimate of drug-likeness (QED) is 0.156. The molecule has 0 saturated heterocycles. The van der Waals surface area contributed by atoms with Gasteiger partial charge in [0, 0.05) is 0 Å². The summed E-state index contributed by atoms with van der Waals surface area (Å²) in [4.78, 5) is 17.9. The van der Waals surface area contributed by atoms with E-state index in [1.165, 1.54) is 10.8 Å². The van der Waals surface area contributed by atoms with Gasteiger partial charge in [0.1, 0.15) is 24.1 Å². The molecule has 0 amide bonds. The van der Waals surface area contributed by atoms with Gasteiger partial charge in [-0.1, -0.05) is 0 Å². The van der Waals surface area contributed by atoms with Crippen LogP contribution in [0.25, 0.3) is 0 Å². The van der Waals surface area contributed by atoms with E-state index in [9.17, 15) is 8.76 Å². The third-order valence-electron chi connectivity index (χ3n) is 0.494. The smallest absolute Gasteiger partial charge is 0.543 e. The van der Waals surface area contributed by atoms with Gasteiger partial charge in [-0.05, 0) is 0 Å². The van der Waals surface area contributed by atoms with Crippen molar-refractivity contribution in [1.29, 1.82) is 10.5 Å². The Morgan fingerprint density at radius 3 is 1.47 bits per heavy atom. The molecule has 94 valence electrons. The molecule has 0 heterocycles. The average molecular weight is 348 g/mol. The number of carboxylic acid groups (broad SMARTS) is 2. The standard InChI is InChI=1S/C2FN2O3PS2.C2H2O4.2Na/c3-9(6,7-10-1-4)8-11-2-5;3-1(4)2(5)6;;/h;(H,3,4)(H,5,6);;/q;;2*+1/p-2. The molecule has 19 heavy (non-hydrogen) atoms. The normalized spacial score (nSPS) is 8.16. The Kier molecular flexibility index (Phi) is 24.6. The molecule has 15 heteroatoms. The van der Waals surface area contributed by atoms with Gasteiger partial charge in [0.2, 0.25) is 0 Å². The van der Waals surface area contributed by atoms with E-state index >= 15 is 0 Å². The van der Waals surface area contributed by atoms with E-state index in [-0.39, 0.29) is 83.2 Å². The number of thiocyanates is 2. The molecule has 9 nitrogen and oxygen atoms in total. The first-order valence-electron chi connectivity index (χ1n) is 2.97. The minimum absolute atomic E-state index is 0. The van der Waals surface area contributed by atoms with Crippen molar-refractivity contribution >= 4 is 43.9 Å². The van der Waals surface area contributed by atoms with Crippen molar-refractivity contribution in [3.63, 3.8) is 0 Å². The Morgan fingerprint density at radius 2 is 1.32 bits per heavy atom. The van der Waals surface area contributed by atoms with E-state index in [0.717, 1.165) is 0 Å². The fraction of sp³-hybridized carbons (Fsp3) is 0. The molecule has 0 bridgehead atoms. The Hall–Kier alpha value is 0.700. The minimum Gasteiger partial charge on any atom is -0.543 e. The number of hydrogen-bond donors (Lipinski definition) is 0. The van der Waals surface area contributed by atoms with E-state index in [0.29, 0.717) is 0 Å². The summed E-state index contributed by atoms with van der Waals surface area (Å²) in [7, 11) is -4.74. The molecule has 0 aromatic carbocycles. The molecule has 0 spiro atoms. The van der Waals surface area contributed by atoms with Crippen molar-refractivity contribution in [3.05, 3.63) is 0 Å². The molecular weight excluding hydrogens is 348 g/mol. The van der Waals surface area contributed by atoms with Crippen LogP contribution in [-0.4, -0.2) is 11.9 Å². The molecular formula is C4FN2Na2O7PS2. The van der Waals surface area contributed by atoms with Crippen LogP contribution < -0.4 is 69.3 Å². The number of rotatable bonds is 4. The zero-order valence-electron chi connectivity index (χ0n) is 9.39. The molecule has 0 aromatic heterocycles. The zero-order chi connectivity index (χ0) is 13.9. The SMILES string of the molecule is N#CSOP(=O)(F)OSC#N.O=C([O-])C(=O)[O-].[Na+].[Na+]. The Morgan fingerprint density at radius 1 is 1.05 bits per heavy atom. The number of carbonyl (C=O) groups excluding carboxylic acids is 2. The number of carboxylic acids is 2. The van der Waals surface area contributed by atoms with Crippen molar-refractivity contribution in [2.45, 2.75) is 0 Å². The second kappa shape index (κ2) is 16.8. The first-order valence-corrected chi connectivity index (χ1v) is 5.89. The Labute approximate surface area is 159 Å². The van der Waals surface area contributed by atoms with Crippen LogP contribution in [0, 0.1) is 21.3 Å². The van der Waals surface area contributed by atoms with Crippen LogP contribution in [-0.2, 0) is 22.1 Å². The predicted molar refractivity (Wildman–Crippen MR) is 47.3 cm³/mol. The van der Waals surface area contributed by atoms with Crippen LogP contribution in [0.15, 0.2) is 0 Å². The fourth-order valence-electron chi connectivity index (χ4n) is 0.135. The van der Waals surface area contributed by atoms with Crippen LogP contribution in [0.1, 0.15) is 0 Å². The van der Waals surface area contributed by atoms with Gasteiger partial charge < -0.3 is 19.8 Å². The summed E-state index contributed by atoms with van der Waals surface area (Å²) in [5.74, 6) is -4.37. The molecule has 0 atom stereocenters. The van der Waals surface area contributed by atoms with Gasteiger partial charge in [-0.25, -0.2) is 4.57 Å². The van der Waals surface area contributed by atoms with Crippen molar-refractivity contribution in [2.75, 3.05) is 0 Å². The molecule has 0 rings (SSSR count). The van der Waals surface area contributed by atoms with Gasteiger partial charge in [-0.15, -0.1) is 4.20 Å². The van der Waals surface area contributed by atoms with Gasteiger partial charge in [0.15, 0.2) is 10.8 Å². The van der Waals surface area contributed by atoms with E-state index in [1.54, 1.807) is 0 Å². The first-order chi connectivity index (χ1) is 7.76. The van der Waals surface area contributed by atoms with Crippen LogP contribution >= 0.6 is 32.0 Å². The van der Waals surface area contributed by atoms with E-state index < -0.39 is 19.8 Å². The Bertz CT molecular complexity index is 379. The third kappa shape index (κ3) is 24.1. The maximum atomic E-state index is 12.2. The summed E-state index contributed by atoms with van der Waals surface area (Å²) in [6, 6.07) is 0. The van der Waals surface area contributed by atoms with Crippen molar-refractivity contribution in [1.82, 2.24) is 0 Å². The van der Waals surface area contributed by atoms with E-state index in [4.69, 9.17) is 30.3 Å². The number of nitriles is 2. The van der Waals surface area contributed by atoms with Crippen LogP contribution in [0.3, 0.4) is 0 Å². The summed E-state index contributed by atoms with van der Waals surface area (Å²) in [5.41, 5.74) is 0. The first kappa shape index (κ1) is 27.9. The number of aliphatic carboxylic acids is 2. The summed E-state index contributed by atoms with van der Waals surface area (Å²) in [6.45, 7) is 0. The van der Waals surface area contributed by atoms with E-state index in [1.807, 2.05) is 0 Å². The maximum absolute atomic E-state index is 12.2. The molecule has 0 radical (unpaired) electrons. The fourth-order valence-corrected chi connectivity index (χ4v) is 1.44. The van der Waals surface area contributed by atoms with E-state index in [2.05, 4.69) is 7.94 Å². The third-order valence-corrected chi connectivity index (χ3v) is 2.66. The van der Waals surface area contributed by atoms with Crippen LogP contribution in [0.5, 0.6) is 0 Å². The van der Waals surface area contributed by atoms with Gasteiger partial charge in [0.05, 0.1) is 11.9 Å². The number of nitrogens with zero attached hydrogens (tertiary/aromatic N) is 2. The largest absolute Gasteiger partial charge is 1.00 e. The molecule has 0 aliphatic carbocycles. The zero-order valence-corrected chi connectivity index (χ0v) is 15.9. The second-order valence-corrected chi connectivity index (χ2v) is 4.26. The molecule has 0 saturated carbocycles. The summed E-state index contributed by atoms with van der Waals surface area (Å²) in [6.07, 6.45) is 0. The van der Waals surface area contributed by atoms with Crippen molar-refractivity contribution in [2.24, 2.45) is 0 Å². The van der Waals surface area contributed by atoms with Gasteiger partial charge >= 0.3 is 67.0 Å². The van der Waals surface area contributed by atoms with Crippen molar-refractivity contribution in [3.8, 4) is 10.8 Å². The van der Waals surface area contributed by atoms with Crippen LogP contribution in [0.2, 0.25) is 0 Å². The molecule has 0 aliphatic heterocycles. The molecule has 0 fully saturated rings. The maximum Gasteiger partial charge on any atom is 1.00 e. The summed E-state index contributed by atoms with van der Waals surface area (Å²) >= 11 is -0.0296. The topological polar surface area (TPSA) is 163 Å². The molecule has 0 unspecified atom stereocenters. The number of hydrogen-bond acceptors (Lipinski definition) is 11. The van der Waals surface area contributed by atoms with Gasteiger partial charge in [-0.3, -0.25) is 0 Å². The van der Waals surface area contributed by atoms with Gasteiger partial charge in [0.25, 0.3) is 0 Å². The monoisotopic (exact) mass is 348 g/mol. The molecule has 0 aromatic rings. The number of carbonyl (C=O) groups is 2. The minimum atomic E-state index is -4.74. The van der Waals surface area contributed by atoms with Gasteiger partial charge in [-0.2, -0.15) is 18.5 Å². The number of halogens is 1. The molecule has 0 aliphatic rings. The Balaban J connectivity index is -0.000000123. The average Bonchev–Trinajstić information content (AvgIpc) is 2.24. The summed E-state index contributed by atoms with van der Waals surface area (Å²) in [5, 5.41) is 36.1. The molecule has 0 N–H and O–H groups in total. The van der Waals surface area contributed by atoms with Crippen molar-refractivity contribution < 1.29 is 95.6 Å². The predicted octanol–water partition coefficient (Wildman–Crippen LogP) is -7.15. The van der Waals surface area contributed by atoms with Crippen LogP contribution in [0.4, 0.5) is 4.20 Å².